The Kier molecular flexibility index (Phi) is 4.71. The number of halogens is 1. The molecule has 0 spiro atoms. The first-order chi connectivity index (χ1) is 9.26. The predicted octanol–water partition coefficient (Wildman–Crippen LogP) is 2.34. The quantitative estimate of drug-likeness (QED) is 0.930. The SMILES string of the molecule is Cl.NC[C@@H]1CCCN(C(=O)C2(c3ccccc3)CC2)C1. The zero-order chi connectivity index (χ0) is 13.3. The summed E-state index contributed by atoms with van der Waals surface area (Å²) in [6.45, 7) is 2.45. The van der Waals surface area contributed by atoms with Gasteiger partial charge >= 0.3 is 0 Å². The molecule has 1 saturated carbocycles. The minimum absolute atomic E-state index is 0. The van der Waals surface area contributed by atoms with Gasteiger partial charge in [0.1, 0.15) is 0 Å². The summed E-state index contributed by atoms with van der Waals surface area (Å²) >= 11 is 0. The molecule has 2 fully saturated rings. The number of rotatable bonds is 3. The average molecular weight is 295 g/mol. The van der Waals surface area contributed by atoms with E-state index in [-0.39, 0.29) is 17.8 Å². The minimum atomic E-state index is -0.211. The number of carbonyl (C=O) groups excluding carboxylic acids is 1. The molecule has 1 aliphatic carbocycles. The summed E-state index contributed by atoms with van der Waals surface area (Å²) in [4.78, 5) is 14.9. The Bertz CT molecular complexity index is 459. The molecular weight excluding hydrogens is 272 g/mol. The van der Waals surface area contributed by atoms with Crippen molar-refractivity contribution in [3.63, 3.8) is 0 Å². The second-order valence-electron chi connectivity index (χ2n) is 5.94. The molecule has 1 amide bonds. The summed E-state index contributed by atoms with van der Waals surface area (Å²) in [7, 11) is 0. The van der Waals surface area contributed by atoms with Crippen molar-refractivity contribution in [1.29, 1.82) is 0 Å². The largest absolute Gasteiger partial charge is 0.342 e. The number of carbonyl (C=O) groups is 1. The fourth-order valence-corrected chi connectivity index (χ4v) is 3.25. The van der Waals surface area contributed by atoms with Gasteiger partial charge in [0.05, 0.1) is 5.41 Å². The molecule has 2 N–H and O–H groups in total. The van der Waals surface area contributed by atoms with Crippen LogP contribution in [-0.2, 0) is 10.2 Å². The summed E-state index contributed by atoms with van der Waals surface area (Å²) < 4.78 is 0. The number of nitrogens with zero attached hydrogens (tertiary/aromatic N) is 1. The normalized spacial score (nSPS) is 23.9. The molecule has 2 aliphatic rings. The molecule has 0 unspecified atom stereocenters. The van der Waals surface area contributed by atoms with Gasteiger partial charge in [0.25, 0.3) is 0 Å². The maximum Gasteiger partial charge on any atom is 0.233 e. The van der Waals surface area contributed by atoms with Gasteiger partial charge in [-0.05, 0) is 43.7 Å². The van der Waals surface area contributed by atoms with Gasteiger partial charge in [0.15, 0.2) is 0 Å². The van der Waals surface area contributed by atoms with Crippen molar-refractivity contribution < 1.29 is 4.79 Å². The van der Waals surface area contributed by atoms with Crippen LogP contribution in [0.1, 0.15) is 31.2 Å². The van der Waals surface area contributed by atoms with Crippen LogP contribution in [0.4, 0.5) is 0 Å². The predicted molar refractivity (Wildman–Crippen MR) is 83.0 cm³/mol. The molecule has 1 heterocycles. The first kappa shape index (κ1) is 15.3. The lowest BCUT2D eigenvalue weighted by Gasteiger charge is -2.35. The van der Waals surface area contributed by atoms with Crippen LogP contribution < -0.4 is 5.73 Å². The van der Waals surface area contributed by atoms with E-state index in [4.69, 9.17) is 5.73 Å². The van der Waals surface area contributed by atoms with Gasteiger partial charge in [-0.15, -0.1) is 12.4 Å². The zero-order valence-electron chi connectivity index (χ0n) is 11.8. The molecule has 1 aliphatic heterocycles. The van der Waals surface area contributed by atoms with Gasteiger partial charge in [-0.1, -0.05) is 30.3 Å². The summed E-state index contributed by atoms with van der Waals surface area (Å²) in [6, 6.07) is 10.3. The highest BCUT2D eigenvalue weighted by Crippen LogP contribution is 2.49. The Morgan fingerprint density at radius 2 is 2.00 bits per heavy atom. The number of hydrogen-bond acceptors (Lipinski definition) is 2. The van der Waals surface area contributed by atoms with Crippen LogP contribution in [0.25, 0.3) is 0 Å². The van der Waals surface area contributed by atoms with Crippen LogP contribution in [-0.4, -0.2) is 30.4 Å². The molecule has 0 aromatic heterocycles. The third kappa shape index (κ3) is 2.70. The topological polar surface area (TPSA) is 46.3 Å². The molecule has 0 bridgehead atoms. The van der Waals surface area contributed by atoms with Crippen LogP contribution in [0, 0.1) is 5.92 Å². The summed E-state index contributed by atoms with van der Waals surface area (Å²) in [6.07, 6.45) is 4.26. The van der Waals surface area contributed by atoms with Crippen molar-refractivity contribution in [1.82, 2.24) is 4.90 Å². The third-order valence-corrected chi connectivity index (χ3v) is 4.63. The van der Waals surface area contributed by atoms with E-state index in [9.17, 15) is 4.79 Å². The summed E-state index contributed by atoms with van der Waals surface area (Å²) in [5.41, 5.74) is 6.74. The molecule has 20 heavy (non-hydrogen) atoms. The van der Waals surface area contributed by atoms with Gasteiger partial charge in [-0.25, -0.2) is 0 Å². The van der Waals surface area contributed by atoms with Crippen molar-refractivity contribution in [2.24, 2.45) is 11.7 Å². The molecule has 4 heteroatoms. The van der Waals surface area contributed by atoms with E-state index in [1.807, 2.05) is 18.2 Å². The third-order valence-electron chi connectivity index (χ3n) is 4.63. The molecule has 0 radical (unpaired) electrons. The smallest absolute Gasteiger partial charge is 0.233 e. The number of benzene rings is 1. The first-order valence-electron chi connectivity index (χ1n) is 7.31. The number of amides is 1. The highest BCUT2D eigenvalue weighted by Gasteiger charge is 2.53. The molecule has 1 atom stereocenters. The Morgan fingerprint density at radius 1 is 1.30 bits per heavy atom. The zero-order valence-corrected chi connectivity index (χ0v) is 12.6. The van der Waals surface area contributed by atoms with E-state index in [0.29, 0.717) is 18.4 Å². The van der Waals surface area contributed by atoms with E-state index in [1.165, 1.54) is 12.0 Å². The lowest BCUT2D eigenvalue weighted by atomic mass is 9.91. The van der Waals surface area contributed by atoms with Crippen molar-refractivity contribution in [2.75, 3.05) is 19.6 Å². The lowest BCUT2D eigenvalue weighted by molar-refractivity contribution is -0.135. The Hall–Kier alpha value is -1.06. The second kappa shape index (κ2) is 6.15. The Morgan fingerprint density at radius 3 is 2.60 bits per heavy atom. The van der Waals surface area contributed by atoms with Gasteiger partial charge < -0.3 is 10.6 Å². The Labute approximate surface area is 126 Å². The van der Waals surface area contributed by atoms with Gasteiger partial charge in [-0.3, -0.25) is 4.79 Å². The highest BCUT2D eigenvalue weighted by atomic mass is 35.5. The highest BCUT2D eigenvalue weighted by molar-refractivity contribution is 5.91. The van der Waals surface area contributed by atoms with Crippen LogP contribution in [0.5, 0.6) is 0 Å². The number of nitrogens with two attached hydrogens (primary N) is 1. The molecular formula is C16H23ClN2O. The Balaban J connectivity index is 0.00000147. The van der Waals surface area contributed by atoms with Crippen molar-refractivity contribution in [3.05, 3.63) is 35.9 Å². The maximum atomic E-state index is 12.8. The minimum Gasteiger partial charge on any atom is -0.342 e. The number of piperidine rings is 1. The van der Waals surface area contributed by atoms with E-state index in [2.05, 4.69) is 17.0 Å². The van der Waals surface area contributed by atoms with E-state index >= 15 is 0 Å². The van der Waals surface area contributed by atoms with Crippen LogP contribution in [0.15, 0.2) is 30.3 Å². The first-order valence-corrected chi connectivity index (χ1v) is 7.31. The van der Waals surface area contributed by atoms with Crippen molar-refractivity contribution in [3.8, 4) is 0 Å². The van der Waals surface area contributed by atoms with Crippen molar-refractivity contribution >= 4 is 18.3 Å². The second-order valence-corrected chi connectivity index (χ2v) is 5.94. The number of hydrogen-bond donors (Lipinski definition) is 1. The van der Waals surface area contributed by atoms with Crippen LogP contribution in [0.2, 0.25) is 0 Å². The van der Waals surface area contributed by atoms with E-state index < -0.39 is 0 Å². The molecule has 3 rings (SSSR count). The van der Waals surface area contributed by atoms with E-state index in [0.717, 1.165) is 32.4 Å². The lowest BCUT2D eigenvalue weighted by Crippen LogP contribution is -2.46. The van der Waals surface area contributed by atoms with Gasteiger partial charge in [-0.2, -0.15) is 0 Å². The fourth-order valence-electron chi connectivity index (χ4n) is 3.25. The van der Waals surface area contributed by atoms with Gasteiger partial charge in [0.2, 0.25) is 5.91 Å². The molecule has 1 aromatic rings. The van der Waals surface area contributed by atoms with Gasteiger partial charge in [0, 0.05) is 13.1 Å². The number of likely N-dealkylation sites (tertiary alicyclic amines) is 1. The standard InChI is InChI=1S/C16H22N2O.ClH/c17-11-13-5-4-10-18(12-13)15(19)16(8-9-16)14-6-2-1-3-7-14;/h1-3,6-7,13H,4-5,8-12,17H2;1H/t13-;/m0./s1. The molecule has 1 saturated heterocycles. The monoisotopic (exact) mass is 294 g/mol. The molecule has 1 aromatic carbocycles. The average Bonchev–Trinajstić information content (AvgIpc) is 3.29. The van der Waals surface area contributed by atoms with Crippen molar-refractivity contribution in [2.45, 2.75) is 31.1 Å². The molecule has 3 nitrogen and oxygen atoms in total. The fraction of sp³-hybridized carbons (Fsp3) is 0.562. The van der Waals surface area contributed by atoms with E-state index in [1.54, 1.807) is 0 Å². The summed E-state index contributed by atoms with van der Waals surface area (Å²) in [5.74, 6) is 0.820. The van der Waals surface area contributed by atoms with Crippen LogP contribution in [0.3, 0.4) is 0 Å². The maximum absolute atomic E-state index is 12.8. The summed E-state index contributed by atoms with van der Waals surface area (Å²) in [5, 5.41) is 0. The molecule has 110 valence electrons. The van der Waals surface area contributed by atoms with Crippen LogP contribution >= 0.6 is 12.4 Å².